The summed E-state index contributed by atoms with van der Waals surface area (Å²) in [7, 11) is -1.17. The van der Waals surface area contributed by atoms with Gasteiger partial charge in [-0.3, -0.25) is 22.7 Å². The van der Waals surface area contributed by atoms with Gasteiger partial charge in [-0.2, -0.15) is 16.8 Å². The molecule has 814 valence electrons. The maximum Gasteiger partial charge on any atom is 0.408 e. The summed E-state index contributed by atoms with van der Waals surface area (Å²) in [6, 6.07) is 56.5. The maximum absolute atomic E-state index is 13.9. The Kier molecular flexibility index (Phi) is 63.8. The number of amides is 5. The number of carboxylic acid groups (broad SMARTS) is 1. The number of epoxide rings is 1. The Bertz CT molecular complexity index is 5300. The van der Waals surface area contributed by atoms with Gasteiger partial charge in [-0.05, 0) is 178 Å². The van der Waals surface area contributed by atoms with Crippen LogP contribution in [0.1, 0.15) is 146 Å². The van der Waals surface area contributed by atoms with Crippen LogP contribution in [0.25, 0.3) is 20.9 Å². The monoisotopic (exact) mass is 2160 g/mol. The van der Waals surface area contributed by atoms with E-state index in [9.17, 15) is 55.5 Å². The van der Waals surface area contributed by atoms with E-state index < -0.39 is 105 Å². The lowest BCUT2D eigenvalue weighted by Crippen LogP contribution is -2.52. The van der Waals surface area contributed by atoms with Crippen molar-refractivity contribution < 1.29 is 130 Å². The van der Waals surface area contributed by atoms with Gasteiger partial charge in [0.1, 0.15) is 50.2 Å². The normalized spacial score (nSPS) is 17.1. The van der Waals surface area contributed by atoms with Gasteiger partial charge < -0.3 is 109 Å². The van der Waals surface area contributed by atoms with Crippen molar-refractivity contribution >= 4 is 96.2 Å². The summed E-state index contributed by atoms with van der Waals surface area (Å²) in [6.45, 7) is 17.5. The van der Waals surface area contributed by atoms with E-state index in [1.54, 1.807) is 30.5 Å². The van der Waals surface area contributed by atoms with Crippen LogP contribution in [0, 0.1) is 31.6 Å². The molecule has 3 fully saturated rings. The minimum absolute atomic E-state index is 0.0177. The van der Waals surface area contributed by atoms with Crippen LogP contribution in [0.3, 0.4) is 0 Å². The molecule has 5 amide bonds. The number of carboxylic acids is 1. The van der Waals surface area contributed by atoms with E-state index >= 15 is 0 Å². The highest BCUT2D eigenvalue weighted by Crippen LogP contribution is 2.26. The van der Waals surface area contributed by atoms with Gasteiger partial charge >= 0.3 is 24.2 Å². The van der Waals surface area contributed by atoms with Crippen molar-refractivity contribution in [3.8, 4) is 0 Å². The fraction of sp³-hybridized carbons (Fsp3) is 0.500. The van der Waals surface area contributed by atoms with Crippen molar-refractivity contribution in [2.75, 3.05) is 90.8 Å². The largest absolute Gasteiger partial charge is 0.496 e. The highest BCUT2D eigenvalue weighted by Gasteiger charge is 2.33. The first-order chi connectivity index (χ1) is 71.1. The summed E-state index contributed by atoms with van der Waals surface area (Å²) in [6.07, 6.45) is 7.98. The zero-order chi connectivity index (χ0) is 108. The SMILES string of the molecule is CC(C)C[C@H](NC(=O)OCc1ccccc1)C(=O)NCC(=O)CN(Cc1ccccc1)C(=O)[C@H](CC(C)C)NC(=O)OCc1ccccc1.CC(C)C[C@H](NC(=O)OCc1ccccc1)C(=O)O.Cc1ccc(S(=O)(=O)OCC(CN=[N+]=[N-])OC2CCCC(COP)O2)cc1.Cc1ccc(S(=O)(=O)OCC(O)CN=[N+]=[N-])cc1.NCC(CNc1ccccc1)OC1CCCC(COP)O1.OCC1CO1.POCC1CCC=CO1. The Morgan fingerprint density at radius 1 is 0.527 bits per heavy atom. The second-order valence-corrected chi connectivity index (χ2v) is 39.8. The van der Waals surface area contributed by atoms with Gasteiger partial charge in [0.05, 0.1) is 119 Å². The third kappa shape index (κ3) is 57.2. The van der Waals surface area contributed by atoms with Crippen LogP contribution in [0.2, 0.25) is 0 Å². The molecule has 7 aromatic rings. The number of hydrogen-bond acceptors (Lipinski definition) is 31. The zero-order valence-electron chi connectivity index (χ0n) is 85.0. The number of aliphatic carboxylic acids is 1. The minimum Gasteiger partial charge on any atom is -0.496 e. The predicted octanol–water partition coefficient (Wildman–Crippen LogP) is 15.3. The number of nitrogens with one attached hydrogen (secondary N) is 5. The second kappa shape index (κ2) is 74.1. The van der Waals surface area contributed by atoms with Crippen molar-refractivity contribution in [2.45, 2.75) is 236 Å². The van der Waals surface area contributed by atoms with Crippen LogP contribution in [0.15, 0.2) is 233 Å². The van der Waals surface area contributed by atoms with E-state index in [1.165, 1.54) is 29.2 Å². The van der Waals surface area contributed by atoms with E-state index in [-0.39, 0.29) is 130 Å². The summed E-state index contributed by atoms with van der Waals surface area (Å²) >= 11 is 0. The van der Waals surface area contributed by atoms with E-state index in [0.717, 1.165) is 90.6 Å². The zero-order valence-corrected chi connectivity index (χ0v) is 90.1. The molecular formula is C102H146N13O28P3S2. The van der Waals surface area contributed by atoms with Crippen LogP contribution in [-0.4, -0.2) is 238 Å². The molecule has 7 aromatic carbocycles. The van der Waals surface area contributed by atoms with Crippen LogP contribution >= 0.6 is 28.4 Å². The number of Topliss-reactive ketones (excluding diaryl/α,β-unsaturated/α-hetero) is 1. The average Bonchev–Trinajstić information content (AvgIpc) is 1.76. The Labute approximate surface area is 874 Å². The van der Waals surface area contributed by atoms with Crippen molar-refractivity contribution in [1.29, 1.82) is 0 Å². The number of nitrogens with zero attached hydrogens (tertiary/aromatic N) is 7. The van der Waals surface area contributed by atoms with Gasteiger partial charge in [0.2, 0.25) is 11.8 Å². The fourth-order valence-electron chi connectivity index (χ4n) is 13.7. The Morgan fingerprint density at radius 3 is 1.35 bits per heavy atom. The fourth-order valence-corrected chi connectivity index (χ4v) is 16.2. The molecule has 4 aliphatic rings. The number of benzene rings is 7. The molecule has 148 heavy (non-hydrogen) atoms. The van der Waals surface area contributed by atoms with Gasteiger partial charge in [0, 0.05) is 63.5 Å². The average molecular weight is 2160 g/mol. The first-order valence-corrected chi connectivity index (χ1v) is 52.8. The molecular weight excluding hydrogens is 2010 g/mol. The lowest BCUT2D eigenvalue weighted by Gasteiger charge is -2.32. The number of carbonyl (C=O) groups is 7. The molecule has 46 heteroatoms. The van der Waals surface area contributed by atoms with Gasteiger partial charge in [-0.1, -0.05) is 227 Å². The van der Waals surface area contributed by atoms with E-state index in [2.05, 4.69) is 84.0 Å². The maximum atomic E-state index is 13.9. The van der Waals surface area contributed by atoms with Crippen LogP contribution in [0.4, 0.5) is 20.1 Å². The summed E-state index contributed by atoms with van der Waals surface area (Å²) in [5.41, 5.74) is 28.6. The molecule has 41 nitrogen and oxygen atoms in total. The van der Waals surface area contributed by atoms with Crippen LogP contribution in [-0.2, 0) is 130 Å². The number of anilines is 1. The third-order valence-electron chi connectivity index (χ3n) is 21.4. The Morgan fingerprint density at radius 2 is 0.939 bits per heavy atom. The molecule has 4 heterocycles. The summed E-state index contributed by atoms with van der Waals surface area (Å²) in [4.78, 5) is 94.7. The number of aliphatic hydroxyl groups is 2. The quantitative estimate of drug-likeness (QED) is 0.00325. The van der Waals surface area contributed by atoms with Gasteiger partial charge in [0.15, 0.2) is 18.4 Å². The summed E-state index contributed by atoms with van der Waals surface area (Å²) in [5.74, 6) is -2.19. The summed E-state index contributed by atoms with van der Waals surface area (Å²) < 4.78 is 122. The molecule has 10 N–H and O–H groups in total. The summed E-state index contributed by atoms with van der Waals surface area (Å²) in [5, 5.41) is 46.5. The number of para-hydroxylation sites is 1. The first kappa shape index (κ1) is 128. The number of ketones is 1. The molecule has 0 bridgehead atoms. The number of azide groups is 2. The highest BCUT2D eigenvalue weighted by atomic mass is 32.2. The second-order valence-electron chi connectivity index (χ2n) is 35.6. The Balaban J connectivity index is 0.000000331. The van der Waals surface area contributed by atoms with E-state index in [1.807, 2.05) is 213 Å². The smallest absolute Gasteiger partial charge is 0.408 e. The molecule has 12 unspecified atom stereocenters. The van der Waals surface area contributed by atoms with Crippen molar-refractivity contribution in [2.24, 2.45) is 33.7 Å². The number of hydrogen-bond donors (Lipinski definition) is 9. The molecule has 0 aliphatic carbocycles. The van der Waals surface area contributed by atoms with E-state index in [0.29, 0.717) is 58.6 Å². The van der Waals surface area contributed by atoms with Crippen molar-refractivity contribution in [1.82, 2.24) is 26.2 Å². The third-order valence-corrected chi connectivity index (χ3v) is 24.6. The van der Waals surface area contributed by atoms with Crippen molar-refractivity contribution in [3.63, 3.8) is 0 Å². The molecule has 11 rings (SSSR count). The van der Waals surface area contributed by atoms with Gasteiger partial charge in [-0.15, -0.1) is 0 Å². The Hall–Kier alpha value is -10.9. The molecule has 15 atom stereocenters. The number of nitrogens with two attached hydrogens (primary N) is 1. The number of aryl methyl sites for hydroxylation is 2. The number of alkyl carbamates (subject to hydrolysis) is 3. The molecule has 4 aliphatic heterocycles. The number of rotatable bonds is 51. The van der Waals surface area contributed by atoms with Crippen molar-refractivity contribution in [3.05, 3.63) is 267 Å². The van der Waals surface area contributed by atoms with Gasteiger partial charge in [-0.25, -0.2) is 19.2 Å². The predicted molar refractivity (Wildman–Crippen MR) is 565 cm³/mol. The lowest BCUT2D eigenvalue weighted by atomic mass is 10.0. The molecule has 0 spiro atoms. The number of allylic oxidation sites excluding steroid dienone is 1. The molecule has 3 saturated heterocycles. The van der Waals surface area contributed by atoms with E-state index in [4.69, 9.17) is 82.7 Å². The lowest BCUT2D eigenvalue weighted by molar-refractivity contribution is -0.220. The standard InChI is InChI=1S/C38H48N4O7.C16H24N3O6PS.C15H25N2O3P.C14H19NO4.C10H13N3O4S.C6H11O2P.C3H6O2/c1-27(2)20-33(40-37(46)48-25-30-16-10-6-11-17-30)35(44)39-22-32(43)24-42(23-29-14-8-5-9-15-29)36(45)34(21-28(3)4)41-38(47)49-26-31-18-12-7-13-19-31;1-12-5-7-15(8-6-12)27(20,21)23-11-14(9-18-19-17)25-16-4-2-3-13(24-16)10-22-26;16-9-14(10-17-12-5-2-1-3-6-12)20-15-8-4-7-13(19-15)11-18-21;1-10(2)8-12(13(16)17)15-14(18)19-9-11-6-4-3-5-7-11;1-8-2-4-10(5-3-8)18(15,16)17-7-9(14)6-12-13-11;9-8-5-6-3-1-2-4-7-6;4-1-3-2-5-3/h5-19,27-28,33-34H,20-26H2,1-4H3,(H,39,44)(H,40,46)(H,41,47);5-8,13-14,16H,2-4,9-11,26H2,1H3;1-3,5-6,13-15,17H,4,7-11,16,21H2;3-7,10,12H,8-9H2,1-2H3,(H,15,18)(H,16,17);2-5,9,14H,6-7H2,1H3;2,4,6H,1,3,5,9H2;3-4H,1-2H2/t33-,34-;;;12-;;;/m0..0.../s1. The van der Waals surface area contributed by atoms with Crippen LogP contribution in [0.5, 0.6) is 0 Å². The number of ether oxygens (including phenoxy) is 9. The minimum atomic E-state index is -3.94. The number of carbonyl (C=O) groups excluding carboxylic acids is 6. The molecule has 0 radical (unpaired) electrons. The first-order valence-electron chi connectivity index (χ1n) is 48.5. The topological polar surface area (TPSA) is 568 Å². The molecule has 0 aromatic heterocycles. The number of aliphatic hydroxyl groups excluding tert-OH is 2. The van der Waals surface area contributed by atoms with Gasteiger partial charge in [0.25, 0.3) is 20.2 Å². The highest BCUT2D eigenvalue weighted by molar-refractivity contribution is 7.87. The molecule has 0 saturated carbocycles. The van der Waals surface area contributed by atoms with Crippen LogP contribution < -0.4 is 32.3 Å².